The SMILES string of the molecule is Cc1cc(C(=O)N(C)C2CCN(C)CC2)cc(-c2ccc(Oc3ccc(F)cc3)cc2)n1.Cc1cc(C(=O)N(C)C2CC[N+](C)(C)CC2)cc(-c2ccc(Oc3ccc(F)cc3)cc2)n1.[CH3-]. The zero-order valence-corrected chi connectivity index (χ0v) is 39.4. The molecule has 0 saturated carbocycles. The number of nitrogens with zero attached hydrogens (tertiary/aromatic N) is 6. The first-order chi connectivity index (χ1) is 31.1. The van der Waals surface area contributed by atoms with Gasteiger partial charge in [0.05, 0.1) is 38.6 Å². The predicted molar refractivity (Wildman–Crippen MR) is 258 cm³/mol. The van der Waals surface area contributed by atoms with Crippen LogP contribution in [-0.2, 0) is 0 Å². The Kier molecular flexibility index (Phi) is 16.1. The number of pyridine rings is 2. The summed E-state index contributed by atoms with van der Waals surface area (Å²) in [5.74, 6) is 1.89. The van der Waals surface area contributed by atoms with Crippen LogP contribution in [0.2, 0.25) is 0 Å². The van der Waals surface area contributed by atoms with Gasteiger partial charge in [0.15, 0.2) is 0 Å². The van der Waals surface area contributed by atoms with E-state index in [4.69, 9.17) is 9.47 Å². The van der Waals surface area contributed by atoms with E-state index in [2.05, 4.69) is 36.0 Å². The summed E-state index contributed by atoms with van der Waals surface area (Å²) < 4.78 is 38.7. The lowest BCUT2D eigenvalue weighted by Crippen LogP contribution is -2.52. The van der Waals surface area contributed by atoms with Gasteiger partial charge in [-0.1, -0.05) is 0 Å². The molecule has 0 unspecified atom stereocenters. The molecule has 8 rings (SSSR count). The van der Waals surface area contributed by atoms with E-state index in [1.807, 2.05) is 111 Å². The molecule has 66 heavy (non-hydrogen) atoms. The largest absolute Gasteiger partial charge is 0.457 e. The third kappa shape index (κ3) is 12.9. The van der Waals surface area contributed by atoms with Crippen molar-refractivity contribution in [3.05, 3.63) is 163 Å². The number of carbonyl (C=O) groups is 2. The number of hydrogen-bond acceptors (Lipinski definition) is 7. The van der Waals surface area contributed by atoms with Gasteiger partial charge in [-0.25, -0.2) is 8.78 Å². The summed E-state index contributed by atoms with van der Waals surface area (Å²) in [6.07, 6.45) is 4.01. The van der Waals surface area contributed by atoms with Crippen molar-refractivity contribution in [2.75, 3.05) is 61.4 Å². The first-order valence-corrected chi connectivity index (χ1v) is 22.2. The molecule has 10 nitrogen and oxygen atoms in total. The predicted octanol–water partition coefficient (Wildman–Crippen LogP) is 10.9. The second-order valence-electron chi connectivity index (χ2n) is 17.9. The molecule has 2 aliphatic heterocycles. The van der Waals surface area contributed by atoms with Crippen LogP contribution < -0.4 is 9.47 Å². The fraction of sp³-hybridized carbons (Fsp3) is 0.315. The van der Waals surface area contributed by atoms with E-state index >= 15 is 0 Å². The highest BCUT2D eigenvalue weighted by molar-refractivity contribution is 5.96. The molecular weight excluding hydrogens is 835 g/mol. The molecule has 0 aliphatic carbocycles. The Morgan fingerprint density at radius 1 is 0.576 bits per heavy atom. The van der Waals surface area contributed by atoms with Gasteiger partial charge in [-0.2, -0.15) is 0 Å². The first kappa shape index (κ1) is 48.9. The molecule has 0 radical (unpaired) electrons. The Morgan fingerprint density at radius 2 is 0.909 bits per heavy atom. The van der Waals surface area contributed by atoms with Crippen LogP contribution in [0.3, 0.4) is 0 Å². The summed E-state index contributed by atoms with van der Waals surface area (Å²) in [5.41, 5.74) is 6.22. The Bertz CT molecular complexity index is 2550. The van der Waals surface area contributed by atoms with E-state index in [0.717, 1.165) is 90.2 Å². The van der Waals surface area contributed by atoms with Crippen molar-refractivity contribution in [2.24, 2.45) is 0 Å². The summed E-state index contributed by atoms with van der Waals surface area (Å²) >= 11 is 0. The molecule has 4 heterocycles. The van der Waals surface area contributed by atoms with Crippen LogP contribution in [-0.4, -0.2) is 114 Å². The number of benzene rings is 4. The van der Waals surface area contributed by atoms with Gasteiger partial charge in [0.1, 0.15) is 34.6 Å². The summed E-state index contributed by atoms with van der Waals surface area (Å²) in [6.45, 7) is 7.99. The summed E-state index contributed by atoms with van der Waals surface area (Å²) in [7, 11) is 10.4. The second kappa shape index (κ2) is 21.7. The zero-order valence-electron chi connectivity index (χ0n) is 39.4. The van der Waals surface area contributed by atoms with Crippen LogP contribution in [0, 0.1) is 32.9 Å². The van der Waals surface area contributed by atoms with E-state index in [1.165, 1.54) is 24.3 Å². The summed E-state index contributed by atoms with van der Waals surface area (Å²) in [5, 5.41) is 0. The third-order valence-corrected chi connectivity index (χ3v) is 12.4. The molecule has 0 N–H and O–H groups in total. The molecule has 346 valence electrons. The van der Waals surface area contributed by atoms with Crippen molar-refractivity contribution in [1.29, 1.82) is 0 Å². The number of aromatic nitrogens is 2. The average molecular weight is 897 g/mol. The van der Waals surface area contributed by atoms with Crippen molar-refractivity contribution in [3.63, 3.8) is 0 Å². The van der Waals surface area contributed by atoms with Crippen molar-refractivity contribution in [1.82, 2.24) is 24.7 Å². The van der Waals surface area contributed by atoms with Crippen LogP contribution in [0.25, 0.3) is 22.5 Å². The number of halogens is 2. The average Bonchev–Trinajstić information content (AvgIpc) is 3.30. The smallest absolute Gasteiger partial charge is 0.253 e. The molecular formula is C54H62F2N6O4. The quantitative estimate of drug-likeness (QED) is 0.1000. The minimum absolute atomic E-state index is 0. The van der Waals surface area contributed by atoms with Gasteiger partial charge in [-0.15, -0.1) is 0 Å². The molecule has 2 aliphatic rings. The van der Waals surface area contributed by atoms with Crippen molar-refractivity contribution < 1.29 is 32.3 Å². The van der Waals surface area contributed by atoms with E-state index in [9.17, 15) is 18.4 Å². The minimum atomic E-state index is -0.301. The number of rotatable bonds is 10. The Morgan fingerprint density at radius 3 is 1.27 bits per heavy atom. The molecule has 2 fully saturated rings. The second-order valence-corrected chi connectivity index (χ2v) is 17.9. The maximum atomic E-state index is 13.3. The van der Waals surface area contributed by atoms with Crippen LogP contribution in [0.15, 0.2) is 121 Å². The summed E-state index contributed by atoms with van der Waals surface area (Å²) in [4.78, 5) is 41.8. The molecule has 4 aromatic carbocycles. The number of ether oxygens (including phenoxy) is 2. The molecule has 12 heteroatoms. The van der Waals surface area contributed by atoms with Gasteiger partial charge >= 0.3 is 0 Å². The lowest BCUT2D eigenvalue weighted by Gasteiger charge is -2.40. The number of hydrogen-bond donors (Lipinski definition) is 0. The van der Waals surface area contributed by atoms with E-state index in [1.54, 1.807) is 24.3 Å². The van der Waals surface area contributed by atoms with Gasteiger partial charge in [0.2, 0.25) is 0 Å². The minimum Gasteiger partial charge on any atom is -0.457 e. The number of amides is 2. The van der Waals surface area contributed by atoms with Crippen molar-refractivity contribution >= 4 is 11.8 Å². The molecule has 0 atom stereocenters. The molecule has 6 aromatic rings. The molecule has 0 spiro atoms. The molecule has 2 aromatic heterocycles. The molecule has 2 saturated heterocycles. The Labute approximate surface area is 389 Å². The Balaban J connectivity index is 0.000000215. The van der Waals surface area contributed by atoms with E-state index < -0.39 is 0 Å². The number of carbonyl (C=O) groups excluding carboxylic acids is 2. The van der Waals surface area contributed by atoms with Gasteiger partial charge < -0.3 is 36.1 Å². The van der Waals surface area contributed by atoms with Crippen molar-refractivity contribution in [2.45, 2.75) is 51.6 Å². The topological polar surface area (TPSA) is 88.1 Å². The third-order valence-electron chi connectivity index (χ3n) is 12.4. The van der Waals surface area contributed by atoms with Crippen LogP contribution in [0.1, 0.15) is 57.8 Å². The van der Waals surface area contributed by atoms with E-state index in [-0.39, 0.29) is 43.0 Å². The zero-order chi connectivity index (χ0) is 46.3. The lowest BCUT2D eigenvalue weighted by atomic mass is 10.0. The lowest BCUT2D eigenvalue weighted by molar-refractivity contribution is -0.895. The first-order valence-electron chi connectivity index (χ1n) is 22.2. The van der Waals surface area contributed by atoms with Gasteiger partial charge in [-0.05, 0) is 168 Å². The standard InChI is InChI=1S/C27H31FN3O2.C26H28FN3O2.CH3/c1-19-17-21(27(32)30(2)23-13-15-31(3,4)16-14-23)18-26(29-19)20-5-9-24(10-6-20)33-25-11-7-22(28)8-12-25;1-18-16-20(26(31)30(3)22-12-14-29(2)15-13-22)17-25(28-18)19-4-8-23(9-5-19)32-24-10-6-21(27)7-11-24;/h5-12,17-18,23H,13-16H2,1-4H3;4-11,16-17,22H,12-15H2,1-3H3;1H3/q+1;;-1. The van der Waals surface area contributed by atoms with Gasteiger partial charge in [0, 0.05) is 72.7 Å². The van der Waals surface area contributed by atoms with Crippen molar-refractivity contribution in [3.8, 4) is 45.5 Å². The number of aryl methyl sites for hydroxylation is 2. The fourth-order valence-corrected chi connectivity index (χ4v) is 8.31. The Hall–Kier alpha value is -6.50. The van der Waals surface area contributed by atoms with Crippen LogP contribution >= 0.6 is 0 Å². The molecule has 0 bridgehead atoms. The maximum Gasteiger partial charge on any atom is 0.253 e. The fourth-order valence-electron chi connectivity index (χ4n) is 8.31. The summed E-state index contributed by atoms with van der Waals surface area (Å²) in [6, 6.07) is 34.8. The molecule has 2 amide bonds. The van der Waals surface area contributed by atoms with Crippen LogP contribution in [0.4, 0.5) is 8.78 Å². The normalized spacial score (nSPS) is 15.1. The highest BCUT2D eigenvalue weighted by atomic mass is 19.1. The highest BCUT2D eigenvalue weighted by Crippen LogP contribution is 2.29. The number of piperidine rings is 2. The maximum absolute atomic E-state index is 13.3. The van der Waals surface area contributed by atoms with Gasteiger partial charge in [-0.3, -0.25) is 19.6 Å². The van der Waals surface area contributed by atoms with E-state index in [0.29, 0.717) is 34.1 Å². The van der Waals surface area contributed by atoms with Crippen LogP contribution in [0.5, 0.6) is 23.0 Å². The number of likely N-dealkylation sites (tertiary alicyclic amines) is 2. The van der Waals surface area contributed by atoms with Gasteiger partial charge in [0.25, 0.3) is 11.8 Å². The monoisotopic (exact) mass is 896 g/mol. The highest BCUT2D eigenvalue weighted by Gasteiger charge is 2.31. The number of quaternary nitrogens is 1.